The molecule has 0 bridgehead atoms. The smallest absolute Gasteiger partial charge is 0.378 e. The van der Waals surface area contributed by atoms with Gasteiger partial charge < -0.3 is 9.47 Å². The molecule has 2 rings (SSSR count). The van der Waals surface area contributed by atoms with E-state index >= 15 is 0 Å². The zero-order valence-electron chi connectivity index (χ0n) is 7.82. The second kappa shape index (κ2) is 3.54. The van der Waals surface area contributed by atoms with Crippen molar-refractivity contribution in [1.29, 1.82) is 0 Å². The van der Waals surface area contributed by atoms with E-state index in [9.17, 15) is 4.79 Å². The van der Waals surface area contributed by atoms with Gasteiger partial charge in [-0.1, -0.05) is 30.3 Å². The highest BCUT2D eigenvalue weighted by Crippen LogP contribution is 2.36. The molecule has 0 spiro atoms. The molecule has 0 aromatic heterocycles. The minimum atomic E-state index is -0.383. The van der Waals surface area contributed by atoms with E-state index in [0.717, 1.165) is 5.56 Å². The molecule has 72 valence electrons. The molecular formula is C11H10O3. The van der Waals surface area contributed by atoms with Crippen molar-refractivity contribution in [3.8, 4) is 0 Å². The number of benzene rings is 1. The molecule has 1 aliphatic heterocycles. The molecule has 14 heavy (non-hydrogen) atoms. The van der Waals surface area contributed by atoms with Gasteiger partial charge in [0.15, 0.2) is 5.76 Å². The van der Waals surface area contributed by atoms with Crippen molar-refractivity contribution in [2.75, 3.05) is 6.61 Å². The first-order chi connectivity index (χ1) is 6.83. The Kier molecular flexibility index (Phi) is 2.23. The number of ether oxygens (including phenoxy) is 2. The molecule has 0 fully saturated rings. The van der Waals surface area contributed by atoms with Gasteiger partial charge in [0.2, 0.25) is 0 Å². The van der Waals surface area contributed by atoms with Crippen LogP contribution in [0.2, 0.25) is 0 Å². The van der Waals surface area contributed by atoms with Crippen LogP contribution in [0.5, 0.6) is 0 Å². The summed E-state index contributed by atoms with van der Waals surface area (Å²) in [5, 5.41) is 0. The van der Waals surface area contributed by atoms with E-state index in [-0.39, 0.29) is 5.97 Å². The molecule has 1 aromatic carbocycles. The minimum Gasteiger partial charge on any atom is -0.460 e. The first-order valence-corrected chi connectivity index (χ1v) is 4.47. The molecule has 3 nitrogen and oxygen atoms in total. The lowest BCUT2D eigenvalue weighted by Gasteiger charge is -1.91. The van der Waals surface area contributed by atoms with Gasteiger partial charge in [0.25, 0.3) is 5.76 Å². The summed E-state index contributed by atoms with van der Waals surface area (Å²) >= 11 is 0. The molecule has 1 aromatic rings. The fraction of sp³-hybridized carbons (Fsp3) is 0.182. The SMILES string of the molecule is CCOC(=O)C1=C(c2ccccc2)O1. The predicted octanol–water partition coefficient (Wildman–Crippen LogP) is 1.95. The highest BCUT2D eigenvalue weighted by molar-refractivity contribution is 6.01. The lowest BCUT2D eigenvalue weighted by Crippen LogP contribution is -2.01. The first-order valence-electron chi connectivity index (χ1n) is 4.47. The summed E-state index contributed by atoms with van der Waals surface area (Å²) in [6.07, 6.45) is 0. The van der Waals surface area contributed by atoms with Crippen molar-refractivity contribution < 1.29 is 14.3 Å². The van der Waals surface area contributed by atoms with Gasteiger partial charge in [0.05, 0.1) is 6.61 Å². The molecular weight excluding hydrogens is 180 g/mol. The number of carbonyl (C=O) groups excluding carboxylic acids is 1. The second-order valence-electron chi connectivity index (χ2n) is 2.85. The maximum Gasteiger partial charge on any atom is 0.378 e. The molecule has 0 radical (unpaired) electrons. The van der Waals surface area contributed by atoms with Crippen LogP contribution in [0.25, 0.3) is 5.76 Å². The Hall–Kier alpha value is -1.77. The molecule has 1 heterocycles. The van der Waals surface area contributed by atoms with Crippen LogP contribution in [-0.2, 0) is 14.3 Å². The van der Waals surface area contributed by atoms with Crippen LogP contribution in [0.3, 0.4) is 0 Å². The number of esters is 1. The molecule has 1 aliphatic rings. The van der Waals surface area contributed by atoms with E-state index in [4.69, 9.17) is 9.47 Å². The highest BCUT2D eigenvalue weighted by atomic mass is 16.6. The van der Waals surface area contributed by atoms with Gasteiger partial charge in [-0.2, -0.15) is 0 Å². The van der Waals surface area contributed by atoms with Crippen molar-refractivity contribution in [1.82, 2.24) is 0 Å². The normalized spacial score (nSPS) is 13.5. The van der Waals surface area contributed by atoms with Crippen LogP contribution in [0.1, 0.15) is 12.5 Å². The molecule has 0 amide bonds. The lowest BCUT2D eigenvalue weighted by molar-refractivity contribution is -0.139. The van der Waals surface area contributed by atoms with Gasteiger partial charge in [0.1, 0.15) is 0 Å². The van der Waals surface area contributed by atoms with E-state index in [1.54, 1.807) is 6.92 Å². The Bertz CT molecular complexity index is 379. The third kappa shape index (κ3) is 1.62. The summed E-state index contributed by atoms with van der Waals surface area (Å²) in [6, 6.07) is 9.49. The van der Waals surface area contributed by atoms with Crippen LogP contribution in [0.15, 0.2) is 36.1 Å². The third-order valence-corrected chi connectivity index (χ3v) is 1.87. The fourth-order valence-electron chi connectivity index (χ4n) is 1.19. The maximum atomic E-state index is 11.2. The molecule has 0 unspecified atom stereocenters. The largest absolute Gasteiger partial charge is 0.460 e. The van der Waals surface area contributed by atoms with Gasteiger partial charge in [-0.25, -0.2) is 4.79 Å². The number of hydrogen-bond acceptors (Lipinski definition) is 3. The van der Waals surface area contributed by atoms with Gasteiger partial charge in [-0.05, 0) is 6.92 Å². The molecule has 0 saturated heterocycles. The van der Waals surface area contributed by atoms with E-state index in [1.165, 1.54) is 0 Å². The van der Waals surface area contributed by atoms with E-state index in [2.05, 4.69) is 0 Å². The molecule has 3 heteroatoms. The quantitative estimate of drug-likeness (QED) is 0.684. The van der Waals surface area contributed by atoms with Crippen molar-refractivity contribution in [2.45, 2.75) is 6.92 Å². The van der Waals surface area contributed by atoms with Crippen LogP contribution in [-0.4, -0.2) is 12.6 Å². The molecule has 0 N–H and O–H groups in total. The zero-order valence-corrected chi connectivity index (χ0v) is 7.82. The van der Waals surface area contributed by atoms with Crippen molar-refractivity contribution in [3.05, 3.63) is 41.7 Å². The maximum absolute atomic E-state index is 11.2. The number of hydrogen-bond donors (Lipinski definition) is 0. The summed E-state index contributed by atoms with van der Waals surface area (Å²) in [6.45, 7) is 2.14. The van der Waals surface area contributed by atoms with Gasteiger partial charge in [-0.15, -0.1) is 0 Å². The Balaban J connectivity index is 2.13. The zero-order chi connectivity index (χ0) is 9.97. The third-order valence-electron chi connectivity index (χ3n) is 1.87. The van der Waals surface area contributed by atoms with E-state index < -0.39 is 0 Å². The standard InChI is InChI=1S/C11H10O3/c1-2-13-11(12)10-9(14-10)8-6-4-3-5-7-8/h3-7H,2H2,1H3. The molecule has 0 atom stereocenters. The van der Waals surface area contributed by atoms with E-state index in [0.29, 0.717) is 18.1 Å². The minimum absolute atomic E-state index is 0.332. The number of carbonyl (C=O) groups is 1. The van der Waals surface area contributed by atoms with Crippen LogP contribution in [0, 0.1) is 0 Å². The average Bonchev–Trinajstić information content (AvgIpc) is 2.99. The first kappa shape index (κ1) is 8.81. The van der Waals surface area contributed by atoms with Crippen molar-refractivity contribution >= 4 is 11.7 Å². The Morgan fingerprint density at radius 2 is 2.07 bits per heavy atom. The number of rotatable bonds is 3. The summed E-state index contributed by atoms with van der Waals surface area (Å²) in [7, 11) is 0. The van der Waals surface area contributed by atoms with Crippen LogP contribution >= 0.6 is 0 Å². The summed E-state index contributed by atoms with van der Waals surface area (Å²) in [5.41, 5.74) is 0.913. The summed E-state index contributed by atoms with van der Waals surface area (Å²) < 4.78 is 9.87. The van der Waals surface area contributed by atoms with Gasteiger partial charge >= 0.3 is 5.97 Å². The Morgan fingerprint density at radius 3 is 2.71 bits per heavy atom. The Morgan fingerprint density at radius 1 is 1.36 bits per heavy atom. The molecule has 0 aliphatic carbocycles. The van der Waals surface area contributed by atoms with E-state index in [1.807, 2.05) is 30.3 Å². The van der Waals surface area contributed by atoms with Crippen molar-refractivity contribution in [2.24, 2.45) is 0 Å². The second-order valence-corrected chi connectivity index (χ2v) is 2.85. The Labute approximate surface area is 81.9 Å². The summed E-state index contributed by atoms with van der Waals surface area (Å²) in [5.74, 6) is 0.577. The van der Waals surface area contributed by atoms with Gasteiger partial charge in [0, 0.05) is 5.56 Å². The molecule has 0 saturated carbocycles. The summed E-state index contributed by atoms with van der Waals surface area (Å²) in [4.78, 5) is 11.2. The topological polar surface area (TPSA) is 38.8 Å². The lowest BCUT2D eigenvalue weighted by atomic mass is 10.2. The fourth-order valence-corrected chi connectivity index (χ4v) is 1.19. The monoisotopic (exact) mass is 190 g/mol. The van der Waals surface area contributed by atoms with Crippen molar-refractivity contribution in [3.63, 3.8) is 0 Å². The van der Waals surface area contributed by atoms with Crippen LogP contribution in [0.4, 0.5) is 0 Å². The van der Waals surface area contributed by atoms with Gasteiger partial charge in [-0.3, -0.25) is 0 Å². The predicted molar refractivity (Wildman–Crippen MR) is 51.1 cm³/mol. The highest BCUT2D eigenvalue weighted by Gasteiger charge is 2.34. The van der Waals surface area contributed by atoms with Crippen LogP contribution < -0.4 is 0 Å². The average molecular weight is 190 g/mol.